The molecule has 0 heterocycles. The van der Waals surface area contributed by atoms with Gasteiger partial charge < -0.3 is 15.7 Å². The number of benzene rings is 1. The van der Waals surface area contributed by atoms with Crippen LogP contribution in [0.4, 0.5) is 14.5 Å². The molecule has 3 N–H and O–H groups in total. The highest BCUT2D eigenvalue weighted by Gasteiger charge is 2.19. The van der Waals surface area contributed by atoms with Crippen LogP contribution in [0.15, 0.2) is 18.2 Å². The van der Waals surface area contributed by atoms with Gasteiger partial charge in [-0.05, 0) is 36.8 Å². The molecule has 5 nitrogen and oxygen atoms in total. The van der Waals surface area contributed by atoms with Crippen molar-refractivity contribution in [3.05, 3.63) is 29.8 Å². The van der Waals surface area contributed by atoms with Gasteiger partial charge in [0, 0.05) is 13.2 Å². The second kappa shape index (κ2) is 9.19. The number of nitrogens with one attached hydrogen (secondary N) is 2. The zero-order valence-electron chi connectivity index (χ0n) is 13.2. The first-order valence-electron chi connectivity index (χ1n) is 7.49. The maximum atomic E-state index is 13.4. The van der Waals surface area contributed by atoms with E-state index in [9.17, 15) is 18.4 Å². The zero-order valence-corrected chi connectivity index (χ0v) is 13.2. The molecule has 1 atom stereocenters. The molecule has 1 rings (SSSR count). The Morgan fingerprint density at radius 2 is 1.91 bits per heavy atom. The number of hydrogen-bond donors (Lipinski definition) is 3. The summed E-state index contributed by atoms with van der Waals surface area (Å²) in [5.74, 6) is -3.89. The quantitative estimate of drug-likeness (QED) is 0.671. The van der Waals surface area contributed by atoms with Gasteiger partial charge in [-0.25, -0.2) is 8.78 Å². The average molecular weight is 328 g/mol. The minimum Gasteiger partial charge on any atom is -0.396 e. The fraction of sp³-hybridized carbons (Fsp3) is 0.500. The predicted molar refractivity (Wildman–Crippen MR) is 82.6 cm³/mol. The lowest BCUT2D eigenvalue weighted by molar-refractivity contribution is -0.136. The van der Waals surface area contributed by atoms with Crippen molar-refractivity contribution < 1.29 is 23.5 Å². The highest BCUT2D eigenvalue weighted by molar-refractivity contribution is 6.39. The van der Waals surface area contributed by atoms with Crippen LogP contribution in [-0.2, 0) is 9.59 Å². The van der Waals surface area contributed by atoms with Crippen molar-refractivity contribution >= 4 is 17.5 Å². The average Bonchev–Trinajstić information content (AvgIpc) is 2.48. The molecule has 1 aromatic rings. The van der Waals surface area contributed by atoms with Gasteiger partial charge in [-0.2, -0.15) is 0 Å². The molecule has 0 aliphatic rings. The van der Waals surface area contributed by atoms with Crippen LogP contribution in [-0.4, -0.2) is 30.1 Å². The van der Waals surface area contributed by atoms with E-state index < -0.39 is 23.4 Å². The minimum absolute atomic E-state index is 0.00600. The molecular weight excluding hydrogens is 306 g/mol. The van der Waals surface area contributed by atoms with Gasteiger partial charge in [0.15, 0.2) is 11.6 Å². The molecule has 2 amide bonds. The van der Waals surface area contributed by atoms with Crippen molar-refractivity contribution in [2.24, 2.45) is 11.8 Å². The predicted octanol–water partition coefficient (Wildman–Crippen LogP) is 2.06. The van der Waals surface area contributed by atoms with Gasteiger partial charge >= 0.3 is 11.8 Å². The maximum Gasteiger partial charge on any atom is 0.313 e. The summed E-state index contributed by atoms with van der Waals surface area (Å²) in [6.07, 6.45) is 1.31. The lowest BCUT2D eigenvalue weighted by atomic mass is 9.94. The van der Waals surface area contributed by atoms with E-state index in [2.05, 4.69) is 5.32 Å². The zero-order chi connectivity index (χ0) is 17.4. The fourth-order valence-electron chi connectivity index (χ4n) is 2.25. The molecule has 0 saturated heterocycles. The van der Waals surface area contributed by atoms with Gasteiger partial charge in [0.05, 0.1) is 5.69 Å². The summed E-state index contributed by atoms with van der Waals surface area (Å²) >= 11 is 0. The van der Waals surface area contributed by atoms with Gasteiger partial charge in [0.1, 0.15) is 0 Å². The molecule has 0 radical (unpaired) electrons. The van der Waals surface area contributed by atoms with Crippen LogP contribution < -0.4 is 10.6 Å². The van der Waals surface area contributed by atoms with E-state index in [-0.39, 0.29) is 24.8 Å². The van der Waals surface area contributed by atoms with Crippen LogP contribution in [0.25, 0.3) is 0 Å². The maximum absolute atomic E-state index is 13.4. The number of anilines is 1. The third kappa shape index (κ3) is 6.32. The van der Waals surface area contributed by atoms with Gasteiger partial charge in [-0.3, -0.25) is 9.59 Å². The summed E-state index contributed by atoms with van der Waals surface area (Å²) in [6, 6.07) is 3.30. The third-order valence-corrected chi connectivity index (χ3v) is 3.30. The first kappa shape index (κ1) is 19.0. The minimum atomic E-state index is -1.22. The number of hydrogen-bond acceptors (Lipinski definition) is 3. The van der Waals surface area contributed by atoms with E-state index in [0.29, 0.717) is 12.3 Å². The van der Waals surface area contributed by atoms with Crippen LogP contribution in [0, 0.1) is 23.5 Å². The Balaban J connectivity index is 2.56. The van der Waals surface area contributed by atoms with Crippen molar-refractivity contribution in [2.45, 2.75) is 26.7 Å². The van der Waals surface area contributed by atoms with Crippen molar-refractivity contribution in [2.75, 3.05) is 18.5 Å². The van der Waals surface area contributed by atoms with E-state index in [1.165, 1.54) is 6.07 Å². The number of rotatable bonds is 7. The molecule has 0 saturated carbocycles. The number of carbonyl (C=O) groups excluding carboxylic acids is 2. The van der Waals surface area contributed by atoms with Crippen molar-refractivity contribution in [1.29, 1.82) is 0 Å². The molecule has 0 aromatic heterocycles. The molecule has 0 fully saturated rings. The lowest BCUT2D eigenvalue weighted by Gasteiger charge is -2.18. The lowest BCUT2D eigenvalue weighted by Crippen LogP contribution is -2.38. The standard InChI is InChI=1S/C16H22F2N2O3/c1-10(2)8-11(6-7-21)9-19-15(22)16(23)20-13-5-3-4-12(17)14(13)18/h3-5,10-11,21H,6-9H2,1-2H3,(H,19,22)(H,20,23). The van der Waals surface area contributed by atoms with Crippen molar-refractivity contribution in [3.63, 3.8) is 0 Å². The largest absolute Gasteiger partial charge is 0.396 e. The van der Waals surface area contributed by atoms with E-state index in [1.807, 2.05) is 19.2 Å². The number of aliphatic hydroxyl groups excluding tert-OH is 1. The summed E-state index contributed by atoms with van der Waals surface area (Å²) < 4.78 is 26.5. The summed E-state index contributed by atoms with van der Waals surface area (Å²) in [7, 11) is 0. The Kier molecular flexibility index (Phi) is 7.61. The van der Waals surface area contributed by atoms with E-state index >= 15 is 0 Å². The second-order valence-electron chi connectivity index (χ2n) is 5.77. The molecule has 0 aliphatic carbocycles. The summed E-state index contributed by atoms with van der Waals surface area (Å²) in [5.41, 5.74) is -0.390. The molecule has 23 heavy (non-hydrogen) atoms. The second-order valence-corrected chi connectivity index (χ2v) is 5.77. The van der Waals surface area contributed by atoms with Crippen LogP contribution in [0.5, 0.6) is 0 Å². The van der Waals surface area contributed by atoms with Crippen LogP contribution >= 0.6 is 0 Å². The number of amides is 2. The van der Waals surface area contributed by atoms with Crippen LogP contribution in [0.3, 0.4) is 0 Å². The Labute approximate surface area is 134 Å². The topological polar surface area (TPSA) is 78.4 Å². The smallest absolute Gasteiger partial charge is 0.313 e. The Hall–Kier alpha value is -2.02. The molecule has 0 aliphatic heterocycles. The summed E-state index contributed by atoms with van der Waals surface area (Å²) in [5, 5.41) is 13.5. The summed E-state index contributed by atoms with van der Waals surface area (Å²) in [6.45, 7) is 4.27. The number of carbonyl (C=O) groups is 2. The fourth-order valence-corrected chi connectivity index (χ4v) is 2.25. The highest BCUT2D eigenvalue weighted by Crippen LogP contribution is 2.16. The van der Waals surface area contributed by atoms with Gasteiger partial charge in [0.25, 0.3) is 0 Å². The normalized spacial score (nSPS) is 12.1. The molecule has 1 unspecified atom stereocenters. The molecule has 7 heteroatoms. The van der Waals surface area contributed by atoms with Crippen LogP contribution in [0.1, 0.15) is 26.7 Å². The molecule has 1 aromatic carbocycles. The SMILES string of the molecule is CC(C)CC(CCO)CNC(=O)C(=O)Nc1cccc(F)c1F. The van der Waals surface area contributed by atoms with Crippen LogP contribution in [0.2, 0.25) is 0 Å². The first-order valence-corrected chi connectivity index (χ1v) is 7.49. The Bertz CT molecular complexity index is 550. The summed E-state index contributed by atoms with van der Waals surface area (Å²) in [4.78, 5) is 23.4. The van der Waals surface area contributed by atoms with E-state index in [0.717, 1.165) is 18.6 Å². The number of aliphatic hydroxyl groups is 1. The molecule has 128 valence electrons. The Morgan fingerprint density at radius 3 is 2.52 bits per heavy atom. The van der Waals surface area contributed by atoms with E-state index in [4.69, 9.17) is 5.11 Å². The van der Waals surface area contributed by atoms with Gasteiger partial charge in [0.2, 0.25) is 0 Å². The molecule has 0 bridgehead atoms. The monoisotopic (exact) mass is 328 g/mol. The van der Waals surface area contributed by atoms with Gasteiger partial charge in [-0.15, -0.1) is 0 Å². The highest BCUT2D eigenvalue weighted by atomic mass is 19.2. The molecular formula is C16H22F2N2O3. The van der Waals surface area contributed by atoms with E-state index in [1.54, 1.807) is 0 Å². The van der Waals surface area contributed by atoms with Gasteiger partial charge in [-0.1, -0.05) is 19.9 Å². The number of halogens is 2. The Morgan fingerprint density at radius 1 is 1.22 bits per heavy atom. The van der Waals surface area contributed by atoms with Crippen molar-refractivity contribution in [3.8, 4) is 0 Å². The first-order chi connectivity index (χ1) is 10.8. The van der Waals surface area contributed by atoms with Crippen molar-refractivity contribution in [1.82, 2.24) is 5.32 Å². The molecule has 0 spiro atoms. The third-order valence-electron chi connectivity index (χ3n) is 3.30.